The van der Waals surface area contributed by atoms with Crippen molar-refractivity contribution < 1.29 is 4.79 Å². The number of carbonyl (C=O) groups is 1. The highest BCUT2D eigenvalue weighted by molar-refractivity contribution is 5.87. The van der Waals surface area contributed by atoms with Gasteiger partial charge in [-0.05, 0) is 42.5 Å². The molecule has 3 rings (SSSR count). The van der Waals surface area contributed by atoms with Crippen molar-refractivity contribution in [3.63, 3.8) is 0 Å². The highest BCUT2D eigenvalue weighted by atomic mass is 16.2. The van der Waals surface area contributed by atoms with Crippen LogP contribution in [-0.4, -0.2) is 52.2 Å². The molecule has 7 nitrogen and oxygen atoms in total. The molecule has 1 aliphatic heterocycles. The van der Waals surface area contributed by atoms with E-state index in [0.29, 0.717) is 24.2 Å². The zero-order chi connectivity index (χ0) is 20.1. The number of amides is 1. The third-order valence-electron chi connectivity index (χ3n) is 5.14. The first-order valence-corrected chi connectivity index (χ1v) is 9.69. The second-order valence-electron chi connectivity index (χ2n) is 7.44. The van der Waals surface area contributed by atoms with Crippen LogP contribution in [0.5, 0.6) is 0 Å². The maximum atomic E-state index is 11.9. The van der Waals surface area contributed by atoms with Crippen molar-refractivity contribution in [3.05, 3.63) is 48.7 Å². The molecule has 0 aliphatic carbocycles. The number of aromatic nitrogens is 3. The van der Waals surface area contributed by atoms with Crippen LogP contribution in [0.4, 0.5) is 17.5 Å². The summed E-state index contributed by atoms with van der Waals surface area (Å²) >= 11 is 0. The molecule has 2 aromatic rings. The lowest BCUT2D eigenvalue weighted by atomic mass is 10.0. The molecule has 1 fully saturated rings. The van der Waals surface area contributed by atoms with Gasteiger partial charge in [0.05, 0.1) is 6.20 Å². The molecule has 1 amide bonds. The number of carbonyl (C=O) groups excluding carboxylic acids is 1. The Hall–Kier alpha value is -2.96. The first kappa shape index (κ1) is 19.8. The molecule has 1 unspecified atom stereocenters. The Morgan fingerprint density at radius 1 is 1.36 bits per heavy atom. The topological polar surface area (TPSA) is 74.2 Å². The zero-order valence-corrected chi connectivity index (χ0v) is 16.8. The highest BCUT2D eigenvalue weighted by Gasteiger charge is 2.26. The Labute approximate surface area is 166 Å². The molecular formula is C21H28N6O. The molecule has 7 heteroatoms. The number of hydrogen-bond acceptors (Lipinski definition) is 6. The number of hydrogen-bond donors (Lipinski definition) is 1. The Bertz CT molecular complexity index is 820. The van der Waals surface area contributed by atoms with E-state index in [1.807, 2.05) is 29.0 Å². The first-order chi connectivity index (χ1) is 13.5. The lowest BCUT2D eigenvalue weighted by Crippen LogP contribution is -2.48. The minimum absolute atomic E-state index is 0.0302. The maximum absolute atomic E-state index is 11.9. The molecule has 0 radical (unpaired) electrons. The van der Waals surface area contributed by atoms with Crippen LogP contribution in [0.15, 0.2) is 43.1 Å². The van der Waals surface area contributed by atoms with E-state index in [2.05, 4.69) is 53.1 Å². The molecule has 28 heavy (non-hydrogen) atoms. The fourth-order valence-electron chi connectivity index (χ4n) is 3.37. The van der Waals surface area contributed by atoms with Crippen LogP contribution in [0, 0.1) is 0 Å². The molecule has 1 N–H and O–H groups in total. The molecule has 0 saturated carbocycles. The second kappa shape index (κ2) is 8.82. The van der Waals surface area contributed by atoms with Crippen molar-refractivity contribution in [1.82, 2.24) is 20.1 Å². The van der Waals surface area contributed by atoms with Crippen LogP contribution in [0.2, 0.25) is 0 Å². The summed E-state index contributed by atoms with van der Waals surface area (Å²) in [5.74, 6) is 1.65. The minimum Gasteiger partial charge on any atom is -0.339 e. The summed E-state index contributed by atoms with van der Waals surface area (Å²) in [6, 6.07) is 8.46. The van der Waals surface area contributed by atoms with E-state index in [1.165, 1.54) is 11.6 Å². The van der Waals surface area contributed by atoms with E-state index < -0.39 is 0 Å². The van der Waals surface area contributed by atoms with Gasteiger partial charge in [0.25, 0.3) is 0 Å². The predicted octanol–water partition coefficient (Wildman–Crippen LogP) is 3.35. The predicted molar refractivity (Wildman–Crippen MR) is 112 cm³/mol. The van der Waals surface area contributed by atoms with Crippen molar-refractivity contribution in [1.29, 1.82) is 0 Å². The third kappa shape index (κ3) is 4.65. The monoisotopic (exact) mass is 380 g/mol. The molecule has 0 spiro atoms. The lowest BCUT2D eigenvalue weighted by molar-refractivity contribution is -0.127. The van der Waals surface area contributed by atoms with Gasteiger partial charge in [0.2, 0.25) is 11.9 Å². The minimum atomic E-state index is -0.0302. The summed E-state index contributed by atoms with van der Waals surface area (Å²) < 4.78 is 0. The Balaban J connectivity index is 1.69. The molecule has 2 heterocycles. The molecule has 1 aliphatic rings. The largest absolute Gasteiger partial charge is 0.339 e. The standard InChI is InChI=1S/C21H28N6O/c1-5-20(28)27-12-6-7-18(14-27)26(4)21-24-19(13-22-25-21)23-17-10-8-16(9-11-17)15(2)3/h5,8-11,13,15,18H,1,6-7,12,14H2,2-4H3,(H,23,24,25). The van der Waals surface area contributed by atoms with Crippen LogP contribution in [0.3, 0.4) is 0 Å². The first-order valence-electron chi connectivity index (χ1n) is 9.69. The summed E-state index contributed by atoms with van der Waals surface area (Å²) in [5, 5.41) is 11.6. The molecular weight excluding hydrogens is 352 g/mol. The smallest absolute Gasteiger partial charge is 0.247 e. The van der Waals surface area contributed by atoms with Crippen molar-refractivity contribution in [3.8, 4) is 0 Å². The van der Waals surface area contributed by atoms with Crippen LogP contribution in [-0.2, 0) is 4.79 Å². The Morgan fingerprint density at radius 3 is 2.79 bits per heavy atom. The van der Waals surface area contributed by atoms with Gasteiger partial charge >= 0.3 is 0 Å². The van der Waals surface area contributed by atoms with Crippen molar-refractivity contribution >= 4 is 23.4 Å². The van der Waals surface area contributed by atoms with Crippen LogP contribution >= 0.6 is 0 Å². The van der Waals surface area contributed by atoms with E-state index in [-0.39, 0.29) is 11.9 Å². The fraction of sp³-hybridized carbons (Fsp3) is 0.429. The Morgan fingerprint density at radius 2 is 2.11 bits per heavy atom. The molecule has 148 valence electrons. The highest BCUT2D eigenvalue weighted by Crippen LogP contribution is 2.22. The number of piperidine rings is 1. The van der Waals surface area contributed by atoms with Gasteiger partial charge in [-0.1, -0.05) is 32.6 Å². The van der Waals surface area contributed by atoms with Gasteiger partial charge in [-0.25, -0.2) is 0 Å². The molecule has 1 atom stereocenters. The SMILES string of the molecule is C=CC(=O)N1CCCC(N(C)c2nncc(Nc3ccc(C(C)C)cc3)n2)C1. The number of likely N-dealkylation sites (tertiary alicyclic amines) is 1. The van der Waals surface area contributed by atoms with E-state index in [1.54, 1.807) is 6.20 Å². The van der Waals surface area contributed by atoms with Crippen LogP contribution in [0.25, 0.3) is 0 Å². The zero-order valence-electron chi connectivity index (χ0n) is 16.8. The van der Waals surface area contributed by atoms with E-state index in [4.69, 9.17) is 0 Å². The van der Waals surface area contributed by atoms with Gasteiger partial charge in [-0.2, -0.15) is 10.1 Å². The Kier molecular flexibility index (Phi) is 6.23. The number of benzene rings is 1. The molecule has 1 aromatic heterocycles. The number of likely N-dealkylation sites (N-methyl/N-ethyl adjacent to an activating group) is 1. The fourth-order valence-corrected chi connectivity index (χ4v) is 3.37. The average molecular weight is 380 g/mol. The van der Waals surface area contributed by atoms with E-state index >= 15 is 0 Å². The van der Waals surface area contributed by atoms with Crippen LogP contribution < -0.4 is 10.2 Å². The van der Waals surface area contributed by atoms with Gasteiger partial charge in [-0.15, -0.1) is 5.10 Å². The number of nitrogens with one attached hydrogen (secondary N) is 1. The van der Waals surface area contributed by atoms with Crippen LogP contribution in [0.1, 0.15) is 38.2 Å². The molecule has 1 saturated heterocycles. The van der Waals surface area contributed by atoms with Crippen molar-refractivity contribution in [2.45, 2.75) is 38.6 Å². The number of anilines is 3. The van der Waals surface area contributed by atoms with E-state index in [0.717, 1.165) is 25.1 Å². The summed E-state index contributed by atoms with van der Waals surface area (Å²) in [7, 11) is 1.95. The lowest BCUT2D eigenvalue weighted by Gasteiger charge is -2.37. The second-order valence-corrected chi connectivity index (χ2v) is 7.44. The summed E-state index contributed by atoms with van der Waals surface area (Å²) in [5.41, 5.74) is 2.25. The third-order valence-corrected chi connectivity index (χ3v) is 5.14. The van der Waals surface area contributed by atoms with Gasteiger partial charge < -0.3 is 15.1 Å². The molecule has 1 aromatic carbocycles. The number of rotatable bonds is 6. The summed E-state index contributed by atoms with van der Waals surface area (Å²) in [6.07, 6.45) is 4.91. The van der Waals surface area contributed by atoms with Gasteiger partial charge in [0.1, 0.15) is 0 Å². The van der Waals surface area contributed by atoms with Gasteiger partial charge in [0.15, 0.2) is 5.82 Å². The maximum Gasteiger partial charge on any atom is 0.247 e. The average Bonchev–Trinajstić information content (AvgIpc) is 2.73. The normalized spacial score (nSPS) is 16.7. The van der Waals surface area contributed by atoms with Crippen molar-refractivity contribution in [2.75, 3.05) is 30.4 Å². The number of nitrogens with zero attached hydrogens (tertiary/aromatic N) is 5. The van der Waals surface area contributed by atoms with E-state index in [9.17, 15) is 4.79 Å². The summed E-state index contributed by atoms with van der Waals surface area (Å²) in [6.45, 7) is 9.34. The van der Waals surface area contributed by atoms with Gasteiger partial charge in [-0.3, -0.25) is 4.79 Å². The molecule has 0 bridgehead atoms. The summed E-state index contributed by atoms with van der Waals surface area (Å²) in [4.78, 5) is 20.4. The van der Waals surface area contributed by atoms with Gasteiger partial charge in [0, 0.05) is 31.9 Å². The quantitative estimate of drug-likeness (QED) is 0.775. The van der Waals surface area contributed by atoms with Crippen molar-refractivity contribution in [2.24, 2.45) is 0 Å².